The molecule has 0 amide bonds. The largest absolute Gasteiger partial charge is 0.494 e. The zero-order chi connectivity index (χ0) is 15.1. The summed E-state index contributed by atoms with van der Waals surface area (Å²) < 4.78 is 6.75. The number of rotatable bonds is 7. The highest BCUT2D eigenvalue weighted by Gasteiger charge is 2.09. The second kappa shape index (κ2) is 8.20. The van der Waals surface area contributed by atoms with Crippen molar-refractivity contribution >= 4 is 15.9 Å². The third kappa shape index (κ3) is 5.52. The molecule has 1 N–H and O–H groups in total. The lowest BCUT2D eigenvalue weighted by atomic mass is 9.97. The van der Waals surface area contributed by atoms with E-state index in [4.69, 9.17) is 4.74 Å². The molecule has 0 bridgehead atoms. The van der Waals surface area contributed by atoms with Crippen LogP contribution in [0.2, 0.25) is 0 Å². The Morgan fingerprint density at radius 1 is 1.14 bits per heavy atom. The van der Waals surface area contributed by atoms with Gasteiger partial charge in [0.05, 0.1) is 6.61 Å². The maximum absolute atomic E-state index is 9.52. The van der Waals surface area contributed by atoms with E-state index in [1.54, 1.807) is 0 Å². The summed E-state index contributed by atoms with van der Waals surface area (Å²) in [5.74, 6) is 1.09. The van der Waals surface area contributed by atoms with Gasteiger partial charge in [0, 0.05) is 11.1 Å². The van der Waals surface area contributed by atoms with E-state index in [1.807, 2.05) is 24.3 Å². The number of aliphatic hydroxyl groups excluding tert-OH is 1. The second-order valence-electron chi connectivity index (χ2n) is 5.33. The van der Waals surface area contributed by atoms with Crippen LogP contribution in [0.5, 0.6) is 5.75 Å². The predicted octanol–water partition coefficient (Wildman–Crippen LogP) is 4.38. The molecule has 1 atom stereocenters. The molecule has 112 valence electrons. The molecule has 0 fully saturated rings. The molecule has 1 unspecified atom stereocenters. The van der Waals surface area contributed by atoms with Gasteiger partial charge in [0.2, 0.25) is 0 Å². The van der Waals surface area contributed by atoms with Gasteiger partial charge in [-0.15, -0.1) is 0 Å². The molecule has 0 spiro atoms. The van der Waals surface area contributed by atoms with Crippen molar-refractivity contribution in [1.29, 1.82) is 0 Å². The molecular weight excluding hydrogens is 328 g/mol. The summed E-state index contributed by atoms with van der Waals surface area (Å²) >= 11 is 3.43. The molecule has 2 aromatic carbocycles. The first-order valence-corrected chi connectivity index (χ1v) is 8.01. The van der Waals surface area contributed by atoms with Crippen LogP contribution >= 0.6 is 15.9 Å². The van der Waals surface area contributed by atoms with Crippen molar-refractivity contribution in [3.8, 4) is 5.75 Å². The molecule has 0 aliphatic rings. The van der Waals surface area contributed by atoms with Crippen LogP contribution in [-0.4, -0.2) is 18.3 Å². The molecular formula is C18H21BrO2. The topological polar surface area (TPSA) is 29.5 Å². The van der Waals surface area contributed by atoms with Gasteiger partial charge in [-0.05, 0) is 49.4 Å². The Kier molecular flexibility index (Phi) is 6.27. The van der Waals surface area contributed by atoms with Gasteiger partial charge in [0.25, 0.3) is 0 Å². The third-order valence-corrected chi connectivity index (χ3v) is 3.99. The van der Waals surface area contributed by atoms with E-state index in [9.17, 15) is 5.11 Å². The van der Waals surface area contributed by atoms with Crippen molar-refractivity contribution in [3.63, 3.8) is 0 Å². The first kappa shape index (κ1) is 16.1. The van der Waals surface area contributed by atoms with E-state index in [2.05, 4.69) is 47.1 Å². The molecule has 0 saturated heterocycles. The number of aryl methyl sites for hydroxylation is 1. The average molecular weight is 349 g/mol. The summed E-state index contributed by atoms with van der Waals surface area (Å²) in [6.07, 6.45) is 1.73. The Bertz CT molecular complexity index is 551. The standard InChI is InChI=1S/C18H21BrO2/c1-14-5-7-15(8-6-14)11-16(13-20)9-10-21-18-4-2-3-17(19)12-18/h2-8,12,16,20H,9-11,13H2,1H3. The van der Waals surface area contributed by atoms with Crippen LogP contribution in [0.1, 0.15) is 17.5 Å². The van der Waals surface area contributed by atoms with E-state index >= 15 is 0 Å². The van der Waals surface area contributed by atoms with Crippen molar-refractivity contribution in [3.05, 3.63) is 64.1 Å². The maximum atomic E-state index is 9.52. The van der Waals surface area contributed by atoms with Crippen LogP contribution in [0.4, 0.5) is 0 Å². The zero-order valence-electron chi connectivity index (χ0n) is 12.3. The number of hydrogen-bond acceptors (Lipinski definition) is 2. The summed E-state index contributed by atoms with van der Waals surface area (Å²) in [6.45, 7) is 2.89. The van der Waals surface area contributed by atoms with Gasteiger partial charge in [0.15, 0.2) is 0 Å². The van der Waals surface area contributed by atoms with Crippen LogP contribution in [0, 0.1) is 12.8 Å². The molecule has 2 nitrogen and oxygen atoms in total. The molecule has 0 saturated carbocycles. The lowest BCUT2D eigenvalue weighted by Crippen LogP contribution is -2.14. The fourth-order valence-corrected chi connectivity index (χ4v) is 2.59. The number of halogens is 1. The van der Waals surface area contributed by atoms with Crippen molar-refractivity contribution in [2.75, 3.05) is 13.2 Å². The van der Waals surface area contributed by atoms with Gasteiger partial charge in [-0.25, -0.2) is 0 Å². The minimum atomic E-state index is 0.190. The Balaban J connectivity index is 1.81. The van der Waals surface area contributed by atoms with Crippen LogP contribution in [0.3, 0.4) is 0 Å². The average Bonchev–Trinajstić information content (AvgIpc) is 2.48. The van der Waals surface area contributed by atoms with Crippen molar-refractivity contribution < 1.29 is 9.84 Å². The van der Waals surface area contributed by atoms with Gasteiger partial charge in [0.1, 0.15) is 5.75 Å². The quantitative estimate of drug-likeness (QED) is 0.804. The normalized spacial score (nSPS) is 12.1. The Labute approximate surface area is 134 Å². The minimum absolute atomic E-state index is 0.190. The third-order valence-electron chi connectivity index (χ3n) is 3.49. The summed E-state index contributed by atoms with van der Waals surface area (Å²) in [5, 5.41) is 9.52. The molecule has 0 heterocycles. The van der Waals surface area contributed by atoms with Crippen LogP contribution in [0.25, 0.3) is 0 Å². The fourth-order valence-electron chi connectivity index (χ4n) is 2.22. The molecule has 2 aromatic rings. The van der Waals surface area contributed by atoms with Gasteiger partial charge in [-0.3, -0.25) is 0 Å². The summed E-state index contributed by atoms with van der Waals surface area (Å²) in [6, 6.07) is 16.3. The second-order valence-corrected chi connectivity index (χ2v) is 6.25. The fraction of sp³-hybridized carbons (Fsp3) is 0.333. The summed E-state index contributed by atoms with van der Waals surface area (Å²) in [4.78, 5) is 0. The summed E-state index contributed by atoms with van der Waals surface area (Å²) in [7, 11) is 0. The molecule has 0 aliphatic carbocycles. The molecule has 0 aromatic heterocycles. The molecule has 2 rings (SSSR count). The highest BCUT2D eigenvalue weighted by atomic mass is 79.9. The lowest BCUT2D eigenvalue weighted by molar-refractivity contribution is 0.190. The van der Waals surface area contributed by atoms with Gasteiger partial charge < -0.3 is 9.84 Å². The summed E-state index contributed by atoms with van der Waals surface area (Å²) in [5.41, 5.74) is 2.53. The van der Waals surface area contributed by atoms with E-state index < -0.39 is 0 Å². The molecule has 21 heavy (non-hydrogen) atoms. The van der Waals surface area contributed by atoms with Crippen molar-refractivity contribution in [2.45, 2.75) is 19.8 Å². The van der Waals surface area contributed by atoms with Crippen LogP contribution in [-0.2, 0) is 6.42 Å². The van der Waals surface area contributed by atoms with Gasteiger partial charge in [-0.2, -0.15) is 0 Å². The molecule has 0 radical (unpaired) electrons. The minimum Gasteiger partial charge on any atom is -0.494 e. The number of hydrogen-bond donors (Lipinski definition) is 1. The Morgan fingerprint density at radius 2 is 1.90 bits per heavy atom. The van der Waals surface area contributed by atoms with E-state index in [-0.39, 0.29) is 12.5 Å². The Morgan fingerprint density at radius 3 is 2.57 bits per heavy atom. The lowest BCUT2D eigenvalue weighted by Gasteiger charge is -2.15. The van der Waals surface area contributed by atoms with Crippen LogP contribution < -0.4 is 4.74 Å². The number of benzene rings is 2. The Hall–Kier alpha value is -1.32. The maximum Gasteiger partial charge on any atom is 0.120 e. The smallest absolute Gasteiger partial charge is 0.120 e. The highest BCUT2D eigenvalue weighted by Crippen LogP contribution is 2.19. The van der Waals surface area contributed by atoms with E-state index in [1.165, 1.54) is 11.1 Å². The first-order valence-electron chi connectivity index (χ1n) is 7.22. The van der Waals surface area contributed by atoms with Crippen LogP contribution in [0.15, 0.2) is 53.0 Å². The monoisotopic (exact) mass is 348 g/mol. The van der Waals surface area contributed by atoms with E-state index in [0.29, 0.717) is 6.61 Å². The highest BCUT2D eigenvalue weighted by molar-refractivity contribution is 9.10. The zero-order valence-corrected chi connectivity index (χ0v) is 13.8. The van der Waals surface area contributed by atoms with E-state index in [0.717, 1.165) is 23.1 Å². The number of ether oxygens (including phenoxy) is 1. The first-order chi connectivity index (χ1) is 10.2. The van der Waals surface area contributed by atoms with Crippen molar-refractivity contribution in [2.24, 2.45) is 5.92 Å². The molecule has 3 heteroatoms. The number of aliphatic hydroxyl groups is 1. The van der Waals surface area contributed by atoms with Gasteiger partial charge >= 0.3 is 0 Å². The van der Waals surface area contributed by atoms with Crippen molar-refractivity contribution in [1.82, 2.24) is 0 Å². The SMILES string of the molecule is Cc1ccc(CC(CO)CCOc2cccc(Br)c2)cc1. The van der Waals surface area contributed by atoms with Gasteiger partial charge in [-0.1, -0.05) is 51.8 Å². The molecule has 0 aliphatic heterocycles. The predicted molar refractivity (Wildman–Crippen MR) is 89.7 cm³/mol.